The number of nitrogens with one attached hydrogen (secondary N) is 1. The molecule has 0 radical (unpaired) electrons. The normalized spacial score (nSPS) is 11.3. The summed E-state index contributed by atoms with van der Waals surface area (Å²) in [6.07, 6.45) is 2.32. The van der Waals surface area contributed by atoms with Gasteiger partial charge in [-0.05, 0) is 29.3 Å². The Balaban J connectivity index is 2.06. The van der Waals surface area contributed by atoms with Crippen LogP contribution in [0.2, 0.25) is 5.28 Å². The summed E-state index contributed by atoms with van der Waals surface area (Å²) in [6, 6.07) is 7.07. The van der Waals surface area contributed by atoms with Crippen LogP contribution < -0.4 is 9.46 Å². The van der Waals surface area contributed by atoms with Crippen molar-refractivity contribution in [3.05, 3.63) is 47.5 Å². The number of nitrogens with zero attached hydrogens (tertiary/aromatic N) is 2. The Morgan fingerprint density at radius 1 is 1.20 bits per heavy atom. The first kappa shape index (κ1) is 14.7. The summed E-state index contributed by atoms with van der Waals surface area (Å²) in [7, 11) is -2.09. The molecule has 0 aliphatic rings. The predicted octanol–water partition coefficient (Wildman–Crippen LogP) is 1.62. The van der Waals surface area contributed by atoms with E-state index in [0.29, 0.717) is 5.75 Å². The third kappa shape index (κ3) is 3.66. The standard InChI is InChI=1S/C12H12ClN3O3S/c1-19-10-4-2-9(3-5-10)6-16-20(17,18)11-7-14-12(13)15-8-11/h2-5,7-8,16H,6H2,1H3. The Bertz CT molecular complexity index is 672. The summed E-state index contributed by atoms with van der Waals surface area (Å²) in [5.41, 5.74) is 0.809. The maximum absolute atomic E-state index is 12.0. The van der Waals surface area contributed by atoms with Gasteiger partial charge in [0.1, 0.15) is 10.6 Å². The van der Waals surface area contributed by atoms with E-state index in [9.17, 15) is 8.42 Å². The minimum atomic E-state index is -3.66. The number of aromatic nitrogens is 2. The lowest BCUT2D eigenvalue weighted by molar-refractivity contribution is 0.414. The summed E-state index contributed by atoms with van der Waals surface area (Å²) < 4.78 is 31.4. The van der Waals surface area contributed by atoms with E-state index in [1.165, 1.54) is 0 Å². The lowest BCUT2D eigenvalue weighted by Gasteiger charge is -2.07. The van der Waals surface area contributed by atoms with Gasteiger partial charge in [-0.25, -0.2) is 23.1 Å². The summed E-state index contributed by atoms with van der Waals surface area (Å²) in [5, 5.41) is -0.000829. The highest BCUT2D eigenvalue weighted by atomic mass is 35.5. The van der Waals surface area contributed by atoms with Crippen molar-refractivity contribution in [1.29, 1.82) is 0 Å². The van der Waals surface area contributed by atoms with Crippen molar-refractivity contribution in [2.45, 2.75) is 11.4 Å². The van der Waals surface area contributed by atoms with E-state index in [1.54, 1.807) is 31.4 Å². The topological polar surface area (TPSA) is 81.2 Å². The molecule has 0 aliphatic heterocycles. The van der Waals surface area contributed by atoms with Crippen molar-refractivity contribution >= 4 is 21.6 Å². The Morgan fingerprint density at radius 3 is 2.35 bits per heavy atom. The molecule has 1 aromatic carbocycles. The van der Waals surface area contributed by atoms with Crippen molar-refractivity contribution in [1.82, 2.24) is 14.7 Å². The van der Waals surface area contributed by atoms with E-state index in [4.69, 9.17) is 16.3 Å². The Labute approximate surface area is 121 Å². The first-order valence-electron chi connectivity index (χ1n) is 5.61. The molecule has 1 N–H and O–H groups in total. The molecule has 20 heavy (non-hydrogen) atoms. The molecule has 106 valence electrons. The molecule has 2 aromatic rings. The Kier molecular flexibility index (Phi) is 4.53. The molecular formula is C12H12ClN3O3S. The van der Waals surface area contributed by atoms with E-state index in [0.717, 1.165) is 18.0 Å². The van der Waals surface area contributed by atoms with Crippen LogP contribution in [0.25, 0.3) is 0 Å². The molecule has 1 aromatic heterocycles. The largest absolute Gasteiger partial charge is 0.497 e. The van der Waals surface area contributed by atoms with E-state index in [2.05, 4.69) is 14.7 Å². The number of halogens is 1. The molecule has 0 fully saturated rings. The average molecular weight is 314 g/mol. The highest BCUT2D eigenvalue weighted by Crippen LogP contribution is 2.12. The minimum absolute atomic E-state index is 0.000829. The van der Waals surface area contributed by atoms with Gasteiger partial charge in [-0.3, -0.25) is 0 Å². The SMILES string of the molecule is COc1ccc(CNS(=O)(=O)c2cnc(Cl)nc2)cc1. The molecule has 2 rings (SSSR count). The first-order valence-corrected chi connectivity index (χ1v) is 7.47. The van der Waals surface area contributed by atoms with Gasteiger partial charge in [-0.15, -0.1) is 0 Å². The van der Waals surface area contributed by atoms with Gasteiger partial charge in [0, 0.05) is 6.54 Å². The maximum atomic E-state index is 12.0. The smallest absolute Gasteiger partial charge is 0.243 e. The summed E-state index contributed by atoms with van der Waals surface area (Å²) in [5.74, 6) is 0.711. The second kappa shape index (κ2) is 6.17. The molecule has 0 saturated carbocycles. The molecule has 0 unspecified atom stereocenters. The van der Waals surface area contributed by atoms with Crippen molar-refractivity contribution < 1.29 is 13.2 Å². The van der Waals surface area contributed by atoms with Gasteiger partial charge >= 0.3 is 0 Å². The minimum Gasteiger partial charge on any atom is -0.497 e. The molecule has 1 heterocycles. The molecule has 0 saturated heterocycles. The molecule has 8 heteroatoms. The van der Waals surface area contributed by atoms with Gasteiger partial charge in [0.15, 0.2) is 0 Å². The second-order valence-electron chi connectivity index (χ2n) is 3.86. The molecule has 0 aliphatic carbocycles. The number of sulfonamides is 1. The molecule has 0 atom stereocenters. The van der Waals surface area contributed by atoms with Crippen molar-refractivity contribution in [2.24, 2.45) is 0 Å². The van der Waals surface area contributed by atoms with Crippen LogP contribution in [0.15, 0.2) is 41.6 Å². The zero-order chi connectivity index (χ0) is 14.6. The zero-order valence-corrected chi connectivity index (χ0v) is 12.1. The van der Waals surface area contributed by atoms with E-state index in [-0.39, 0.29) is 16.7 Å². The lowest BCUT2D eigenvalue weighted by Crippen LogP contribution is -2.23. The number of hydrogen-bond acceptors (Lipinski definition) is 5. The average Bonchev–Trinajstić information content (AvgIpc) is 2.46. The van der Waals surface area contributed by atoms with Crippen LogP contribution in [-0.4, -0.2) is 25.5 Å². The first-order chi connectivity index (χ1) is 9.51. The number of ether oxygens (including phenoxy) is 1. The molecule has 0 spiro atoms. The number of rotatable bonds is 5. The summed E-state index contributed by atoms with van der Waals surface area (Å²) in [6.45, 7) is 0.162. The van der Waals surface area contributed by atoms with Crippen molar-refractivity contribution in [2.75, 3.05) is 7.11 Å². The van der Waals surface area contributed by atoms with Crippen LogP contribution >= 0.6 is 11.6 Å². The number of hydrogen-bond donors (Lipinski definition) is 1. The van der Waals surface area contributed by atoms with Crippen LogP contribution in [0.5, 0.6) is 5.75 Å². The van der Waals surface area contributed by atoms with Gasteiger partial charge < -0.3 is 4.74 Å². The zero-order valence-electron chi connectivity index (χ0n) is 10.6. The number of benzene rings is 1. The van der Waals surface area contributed by atoms with E-state index < -0.39 is 10.0 Å². The monoisotopic (exact) mass is 313 g/mol. The highest BCUT2D eigenvalue weighted by Gasteiger charge is 2.14. The second-order valence-corrected chi connectivity index (χ2v) is 5.97. The third-order valence-corrected chi connectivity index (χ3v) is 4.08. The Morgan fingerprint density at radius 2 is 1.80 bits per heavy atom. The maximum Gasteiger partial charge on any atom is 0.243 e. The van der Waals surface area contributed by atoms with E-state index in [1.807, 2.05) is 0 Å². The Hall–Kier alpha value is -1.70. The van der Waals surface area contributed by atoms with Crippen LogP contribution in [-0.2, 0) is 16.6 Å². The van der Waals surface area contributed by atoms with Gasteiger partial charge in [0.05, 0.1) is 19.5 Å². The molecule has 0 amide bonds. The van der Waals surface area contributed by atoms with Gasteiger partial charge in [0.2, 0.25) is 15.3 Å². The summed E-state index contributed by atoms with van der Waals surface area (Å²) >= 11 is 5.51. The van der Waals surface area contributed by atoms with Crippen LogP contribution in [0, 0.1) is 0 Å². The molecule has 0 bridgehead atoms. The fourth-order valence-electron chi connectivity index (χ4n) is 1.44. The summed E-state index contributed by atoms with van der Waals surface area (Å²) in [4.78, 5) is 7.25. The molecular weight excluding hydrogens is 302 g/mol. The predicted molar refractivity (Wildman–Crippen MR) is 74.1 cm³/mol. The van der Waals surface area contributed by atoms with Gasteiger partial charge in [-0.1, -0.05) is 12.1 Å². The van der Waals surface area contributed by atoms with Crippen LogP contribution in [0.1, 0.15) is 5.56 Å². The number of methoxy groups -OCH3 is 1. The fourth-order valence-corrected chi connectivity index (χ4v) is 2.45. The lowest BCUT2D eigenvalue weighted by atomic mass is 10.2. The fraction of sp³-hybridized carbons (Fsp3) is 0.167. The van der Waals surface area contributed by atoms with Gasteiger partial charge in [-0.2, -0.15) is 0 Å². The quantitative estimate of drug-likeness (QED) is 0.848. The molecule has 6 nitrogen and oxygen atoms in total. The third-order valence-electron chi connectivity index (χ3n) is 2.53. The van der Waals surface area contributed by atoms with Crippen molar-refractivity contribution in [3.63, 3.8) is 0 Å². The van der Waals surface area contributed by atoms with Crippen molar-refractivity contribution in [3.8, 4) is 5.75 Å². The van der Waals surface area contributed by atoms with Crippen LogP contribution in [0.3, 0.4) is 0 Å². The van der Waals surface area contributed by atoms with E-state index >= 15 is 0 Å². The highest BCUT2D eigenvalue weighted by molar-refractivity contribution is 7.89. The van der Waals surface area contributed by atoms with Crippen LogP contribution in [0.4, 0.5) is 0 Å². The van der Waals surface area contributed by atoms with Gasteiger partial charge in [0.25, 0.3) is 0 Å².